The highest BCUT2D eigenvalue weighted by molar-refractivity contribution is 5.85. The van der Waals surface area contributed by atoms with Gasteiger partial charge in [0.05, 0.1) is 6.54 Å². The zero-order valence-electron chi connectivity index (χ0n) is 10.9. The molecule has 16 heavy (non-hydrogen) atoms. The topological polar surface area (TPSA) is 55.4 Å². The van der Waals surface area contributed by atoms with Gasteiger partial charge in [0.15, 0.2) is 5.78 Å². The van der Waals surface area contributed by atoms with Crippen LogP contribution in [0.1, 0.15) is 47.5 Å². The number of carbonyl (C=O) groups is 2. The smallest absolute Gasteiger partial charge is 0.408 e. The van der Waals surface area contributed by atoms with E-state index in [1.807, 2.05) is 13.8 Å². The van der Waals surface area contributed by atoms with Crippen LogP contribution in [-0.4, -0.2) is 24.0 Å². The fourth-order valence-corrected chi connectivity index (χ4v) is 1.24. The molecule has 0 spiro atoms. The molecule has 0 aromatic rings. The van der Waals surface area contributed by atoms with Gasteiger partial charge >= 0.3 is 6.09 Å². The minimum absolute atomic E-state index is 0.0000586. The number of hydrogen-bond acceptors (Lipinski definition) is 3. The first kappa shape index (κ1) is 14.9. The van der Waals surface area contributed by atoms with Crippen molar-refractivity contribution >= 4 is 11.9 Å². The highest BCUT2D eigenvalue weighted by Gasteiger charge is 2.18. The molecule has 0 aliphatic rings. The molecule has 94 valence electrons. The first-order valence-electron chi connectivity index (χ1n) is 5.75. The molecule has 0 aromatic carbocycles. The van der Waals surface area contributed by atoms with E-state index in [9.17, 15) is 9.59 Å². The van der Waals surface area contributed by atoms with E-state index in [-0.39, 0.29) is 18.2 Å². The molecule has 1 unspecified atom stereocenters. The molecule has 0 fully saturated rings. The summed E-state index contributed by atoms with van der Waals surface area (Å²) in [6.45, 7) is 9.32. The third-order valence-corrected chi connectivity index (χ3v) is 2.08. The zero-order valence-corrected chi connectivity index (χ0v) is 10.9. The third-order valence-electron chi connectivity index (χ3n) is 2.08. The normalized spacial score (nSPS) is 13.1. The molecule has 0 aliphatic carbocycles. The number of Topliss-reactive ketones (excluding diaryl/α,β-unsaturated/α-hetero) is 1. The minimum Gasteiger partial charge on any atom is -0.444 e. The van der Waals surface area contributed by atoms with Crippen LogP contribution in [0.15, 0.2) is 0 Å². The molecule has 0 bridgehead atoms. The van der Waals surface area contributed by atoms with Crippen LogP contribution in [-0.2, 0) is 9.53 Å². The lowest BCUT2D eigenvalue weighted by Crippen LogP contribution is -2.36. The van der Waals surface area contributed by atoms with E-state index in [0.29, 0.717) is 0 Å². The second-order valence-electron chi connectivity index (χ2n) is 5.01. The van der Waals surface area contributed by atoms with Crippen molar-refractivity contribution in [2.45, 2.75) is 53.1 Å². The summed E-state index contributed by atoms with van der Waals surface area (Å²) in [5, 5.41) is 2.47. The third kappa shape index (κ3) is 7.26. The van der Waals surface area contributed by atoms with Gasteiger partial charge in [-0.05, 0) is 27.2 Å². The Balaban J connectivity index is 3.88. The van der Waals surface area contributed by atoms with Crippen LogP contribution in [0.2, 0.25) is 0 Å². The lowest BCUT2D eigenvalue weighted by molar-refractivity contribution is -0.121. The van der Waals surface area contributed by atoms with Gasteiger partial charge < -0.3 is 10.1 Å². The number of carbonyl (C=O) groups excluding carboxylic acids is 2. The summed E-state index contributed by atoms with van der Waals surface area (Å²) >= 11 is 0. The van der Waals surface area contributed by atoms with Crippen molar-refractivity contribution in [3.8, 4) is 0 Å². The Bertz CT molecular complexity index is 243. The van der Waals surface area contributed by atoms with E-state index >= 15 is 0 Å². The molecule has 0 saturated heterocycles. The van der Waals surface area contributed by atoms with Crippen LogP contribution in [0.25, 0.3) is 0 Å². The molecular weight excluding hydrogens is 206 g/mol. The number of rotatable bonds is 5. The molecule has 0 heterocycles. The van der Waals surface area contributed by atoms with E-state index in [4.69, 9.17) is 4.74 Å². The number of ether oxygens (including phenoxy) is 1. The average molecular weight is 229 g/mol. The maximum Gasteiger partial charge on any atom is 0.408 e. The van der Waals surface area contributed by atoms with E-state index in [1.165, 1.54) is 0 Å². The first-order valence-corrected chi connectivity index (χ1v) is 5.75. The lowest BCUT2D eigenvalue weighted by atomic mass is 10.0. The Morgan fingerprint density at radius 1 is 1.31 bits per heavy atom. The molecule has 4 nitrogen and oxygen atoms in total. The lowest BCUT2D eigenvalue weighted by Gasteiger charge is -2.19. The van der Waals surface area contributed by atoms with Gasteiger partial charge in [0.1, 0.15) is 5.60 Å². The fraction of sp³-hybridized carbons (Fsp3) is 0.833. The van der Waals surface area contributed by atoms with Gasteiger partial charge in [-0.3, -0.25) is 4.79 Å². The number of ketones is 1. The Hall–Kier alpha value is -1.06. The van der Waals surface area contributed by atoms with Crippen molar-refractivity contribution in [2.75, 3.05) is 6.54 Å². The van der Waals surface area contributed by atoms with Crippen LogP contribution in [0.4, 0.5) is 4.79 Å². The van der Waals surface area contributed by atoms with Crippen LogP contribution in [0.5, 0.6) is 0 Å². The number of amides is 1. The highest BCUT2D eigenvalue weighted by Crippen LogP contribution is 2.07. The standard InChI is InChI=1S/C12H23NO3/c1-6-7-9(2)10(14)8-13-11(15)16-12(3,4)5/h9H,6-8H2,1-5H3,(H,13,15). The van der Waals surface area contributed by atoms with E-state index in [2.05, 4.69) is 5.32 Å². The minimum atomic E-state index is -0.537. The van der Waals surface area contributed by atoms with Crippen molar-refractivity contribution in [1.82, 2.24) is 5.32 Å². The predicted molar refractivity (Wildman–Crippen MR) is 63.3 cm³/mol. The van der Waals surface area contributed by atoms with Crippen LogP contribution in [0, 0.1) is 5.92 Å². The number of alkyl carbamates (subject to hydrolysis) is 1. The molecule has 0 radical (unpaired) electrons. The maximum absolute atomic E-state index is 11.5. The Labute approximate surface area is 97.7 Å². The van der Waals surface area contributed by atoms with Crippen molar-refractivity contribution in [3.63, 3.8) is 0 Å². The second-order valence-corrected chi connectivity index (χ2v) is 5.01. The van der Waals surface area contributed by atoms with Gasteiger partial charge in [0.2, 0.25) is 0 Å². The van der Waals surface area contributed by atoms with Crippen molar-refractivity contribution in [1.29, 1.82) is 0 Å². The summed E-state index contributed by atoms with van der Waals surface area (Å²) in [6, 6.07) is 0. The average Bonchev–Trinajstić information content (AvgIpc) is 2.11. The molecule has 0 aromatic heterocycles. The summed E-state index contributed by atoms with van der Waals surface area (Å²) < 4.78 is 5.03. The summed E-state index contributed by atoms with van der Waals surface area (Å²) in [5.74, 6) is 0.0487. The van der Waals surface area contributed by atoms with Crippen LogP contribution in [0.3, 0.4) is 0 Å². The van der Waals surface area contributed by atoms with Gasteiger partial charge in [0, 0.05) is 5.92 Å². The Morgan fingerprint density at radius 2 is 1.88 bits per heavy atom. The highest BCUT2D eigenvalue weighted by atomic mass is 16.6. The molecule has 0 aliphatic heterocycles. The quantitative estimate of drug-likeness (QED) is 0.788. The molecular formula is C12H23NO3. The van der Waals surface area contributed by atoms with Crippen LogP contribution < -0.4 is 5.32 Å². The SMILES string of the molecule is CCCC(C)C(=O)CNC(=O)OC(C)(C)C. The number of nitrogens with one attached hydrogen (secondary N) is 1. The van der Waals surface area contributed by atoms with Gasteiger partial charge in [-0.15, -0.1) is 0 Å². The molecule has 0 saturated carbocycles. The van der Waals surface area contributed by atoms with Crippen molar-refractivity contribution < 1.29 is 14.3 Å². The molecule has 0 rings (SSSR count). The van der Waals surface area contributed by atoms with Crippen molar-refractivity contribution in [3.05, 3.63) is 0 Å². The molecule has 1 N–H and O–H groups in total. The summed E-state index contributed by atoms with van der Waals surface area (Å²) in [5.41, 5.74) is -0.526. The van der Waals surface area contributed by atoms with E-state index in [1.54, 1.807) is 20.8 Å². The molecule has 1 atom stereocenters. The summed E-state index contributed by atoms with van der Waals surface area (Å²) in [7, 11) is 0. The van der Waals surface area contributed by atoms with E-state index in [0.717, 1.165) is 12.8 Å². The zero-order chi connectivity index (χ0) is 12.8. The van der Waals surface area contributed by atoms with Crippen LogP contribution >= 0.6 is 0 Å². The number of hydrogen-bond donors (Lipinski definition) is 1. The van der Waals surface area contributed by atoms with E-state index < -0.39 is 11.7 Å². The predicted octanol–water partition coefficient (Wildman–Crippen LogP) is 2.52. The van der Waals surface area contributed by atoms with Crippen molar-refractivity contribution in [2.24, 2.45) is 5.92 Å². The van der Waals surface area contributed by atoms with Gasteiger partial charge in [0.25, 0.3) is 0 Å². The summed E-state index contributed by atoms with van der Waals surface area (Å²) in [6.07, 6.45) is 1.29. The monoisotopic (exact) mass is 229 g/mol. The van der Waals surface area contributed by atoms with Gasteiger partial charge in [-0.2, -0.15) is 0 Å². The van der Waals surface area contributed by atoms with Gasteiger partial charge in [-0.1, -0.05) is 20.3 Å². The Kier molecular flexibility index (Phi) is 6.08. The second kappa shape index (κ2) is 6.51. The maximum atomic E-state index is 11.5. The van der Waals surface area contributed by atoms with Gasteiger partial charge in [-0.25, -0.2) is 4.79 Å². The Morgan fingerprint density at radius 3 is 2.31 bits per heavy atom. The molecule has 1 amide bonds. The fourth-order valence-electron chi connectivity index (χ4n) is 1.24. The first-order chi connectivity index (χ1) is 7.26. The largest absolute Gasteiger partial charge is 0.444 e. The molecule has 4 heteroatoms. The summed E-state index contributed by atoms with van der Waals surface area (Å²) in [4.78, 5) is 22.8.